The largest absolute Gasteiger partial charge is 0.350 e. The molecule has 1 aromatic carbocycles. The first-order chi connectivity index (χ1) is 12.9. The third kappa shape index (κ3) is 3.04. The van der Waals surface area contributed by atoms with E-state index in [0.717, 1.165) is 29.1 Å². The quantitative estimate of drug-likeness (QED) is 0.880. The summed E-state index contributed by atoms with van der Waals surface area (Å²) in [6.07, 6.45) is 1.36. The number of hydrogen-bond donors (Lipinski definition) is 1. The smallest absolute Gasteiger partial charge is 0.243 e. The van der Waals surface area contributed by atoms with Crippen LogP contribution < -0.4 is 5.32 Å². The first kappa shape index (κ1) is 18.1. The summed E-state index contributed by atoms with van der Waals surface area (Å²) in [6.45, 7) is 6.46. The van der Waals surface area contributed by atoms with Gasteiger partial charge < -0.3 is 10.2 Å². The molecule has 2 unspecified atom stereocenters. The van der Waals surface area contributed by atoms with E-state index in [1.165, 1.54) is 0 Å². The van der Waals surface area contributed by atoms with Crippen molar-refractivity contribution >= 4 is 23.6 Å². The van der Waals surface area contributed by atoms with Crippen LogP contribution in [0.3, 0.4) is 0 Å². The number of benzene rings is 1. The number of nitrogens with one attached hydrogen (secondary N) is 1. The van der Waals surface area contributed by atoms with Crippen LogP contribution in [0.25, 0.3) is 5.69 Å². The van der Waals surface area contributed by atoms with Crippen molar-refractivity contribution in [1.82, 2.24) is 20.0 Å². The van der Waals surface area contributed by atoms with Gasteiger partial charge >= 0.3 is 0 Å². The Morgan fingerprint density at radius 3 is 2.81 bits per heavy atom. The molecule has 2 atom stereocenters. The number of thioether (sulfide) groups is 1. The van der Waals surface area contributed by atoms with Gasteiger partial charge in [0, 0.05) is 30.0 Å². The molecule has 1 aromatic heterocycles. The van der Waals surface area contributed by atoms with Gasteiger partial charge in [-0.1, -0.05) is 18.2 Å². The Morgan fingerprint density at radius 2 is 2.07 bits per heavy atom. The molecule has 142 valence electrons. The minimum Gasteiger partial charge on any atom is -0.350 e. The molecule has 2 aliphatic heterocycles. The highest BCUT2D eigenvalue weighted by atomic mass is 32.2. The van der Waals surface area contributed by atoms with E-state index in [4.69, 9.17) is 0 Å². The van der Waals surface area contributed by atoms with Gasteiger partial charge in [0.25, 0.3) is 0 Å². The zero-order valence-corrected chi connectivity index (χ0v) is 16.7. The van der Waals surface area contributed by atoms with Gasteiger partial charge in [0.2, 0.25) is 11.8 Å². The van der Waals surface area contributed by atoms with Crippen LogP contribution in [0.15, 0.2) is 30.3 Å². The fourth-order valence-electron chi connectivity index (χ4n) is 4.06. The Morgan fingerprint density at radius 1 is 1.33 bits per heavy atom. The molecule has 0 aliphatic carbocycles. The molecule has 0 bridgehead atoms. The summed E-state index contributed by atoms with van der Waals surface area (Å²) in [4.78, 5) is 26.6. The normalized spacial score (nSPS) is 24.3. The molecular weight excluding hydrogens is 360 g/mol. The molecule has 27 heavy (non-hydrogen) atoms. The lowest BCUT2D eigenvalue weighted by Crippen LogP contribution is -2.49. The fourth-order valence-corrected chi connectivity index (χ4v) is 5.49. The second-order valence-corrected chi connectivity index (χ2v) is 8.88. The maximum atomic E-state index is 12.8. The van der Waals surface area contributed by atoms with Crippen LogP contribution in [0.5, 0.6) is 0 Å². The average molecular weight is 385 g/mol. The van der Waals surface area contributed by atoms with Gasteiger partial charge in [-0.25, -0.2) is 4.68 Å². The summed E-state index contributed by atoms with van der Waals surface area (Å²) < 4.78 is 1.91. The van der Waals surface area contributed by atoms with Crippen LogP contribution in [0.1, 0.15) is 36.7 Å². The van der Waals surface area contributed by atoms with E-state index in [1.807, 2.05) is 48.9 Å². The van der Waals surface area contributed by atoms with Crippen molar-refractivity contribution < 1.29 is 9.59 Å². The van der Waals surface area contributed by atoms with Gasteiger partial charge in [0.15, 0.2) is 0 Å². The molecule has 2 saturated heterocycles. The third-order valence-corrected chi connectivity index (χ3v) is 7.13. The highest BCUT2D eigenvalue weighted by Crippen LogP contribution is 2.47. The van der Waals surface area contributed by atoms with Crippen LogP contribution in [-0.2, 0) is 16.1 Å². The third-order valence-electron chi connectivity index (χ3n) is 5.63. The monoisotopic (exact) mass is 384 g/mol. The van der Waals surface area contributed by atoms with E-state index in [0.29, 0.717) is 18.7 Å². The zero-order chi connectivity index (χ0) is 19.2. The van der Waals surface area contributed by atoms with Crippen molar-refractivity contribution in [2.45, 2.75) is 51.1 Å². The molecule has 2 aromatic rings. The molecule has 2 aliphatic rings. The number of aryl methyl sites for hydroxylation is 1. The zero-order valence-electron chi connectivity index (χ0n) is 15.9. The van der Waals surface area contributed by atoms with Gasteiger partial charge in [-0.2, -0.15) is 5.10 Å². The number of rotatable bonds is 4. The predicted octanol–water partition coefficient (Wildman–Crippen LogP) is 2.56. The molecular formula is C20H24N4O2S. The Labute approximate surface area is 163 Å². The SMILES string of the molecule is Cc1nn(-c2ccccc2)c(C)c1CNC(=O)C1CSC2(C)CCC(=O)N12. The second-order valence-electron chi connectivity index (χ2n) is 7.38. The number of fused-ring (bicyclic) bond motifs is 1. The maximum absolute atomic E-state index is 12.8. The lowest BCUT2D eigenvalue weighted by Gasteiger charge is -2.29. The van der Waals surface area contributed by atoms with Gasteiger partial charge in [-0.3, -0.25) is 9.59 Å². The predicted molar refractivity (Wildman–Crippen MR) is 106 cm³/mol. The van der Waals surface area contributed by atoms with E-state index >= 15 is 0 Å². The molecule has 7 heteroatoms. The van der Waals surface area contributed by atoms with E-state index in [-0.39, 0.29) is 22.7 Å². The fraction of sp³-hybridized carbons (Fsp3) is 0.450. The lowest BCUT2D eigenvalue weighted by atomic mass is 10.1. The summed E-state index contributed by atoms with van der Waals surface area (Å²) in [7, 11) is 0. The van der Waals surface area contributed by atoms with Crippen molar-refractivity contribution in [2.24, 2.45) is 0 Å². The Balaban J connectivity index is 1.49. The second kappa shape index (κ2) is 6.71. The summed E-state index contributed by atoms with van der Waals surface area (Å²) in [6, 6.07) is 9.59. The number of para-hydroxylation sites is 1. The molecule has 4 rings (SSSR count). The molecule has 0 spiro atoms. The lowest BCUT2D eigenvalue weighted by molar-refractivity contribution is -0.138. The summed E-state index contributed by atoms with van der Waals surface area (Å²) >= 11 is 1.71. The maximum Gasteiger partial charge on any atom is 0.243 e. The minimum absolute atomic E-state index is 0.0762. The molecule has 6 nitrogen and oxygen atoms in total. The topological polar surface area (TPSA) is 67.2 Å². The highest BCUT2D eigenvalue weighted by molar-refractivity contribution is 8.01. The van der Waals surface area contributed by atoms with Crippen molar-refractivity contribution in [1.29, 1.82) is 0 Å². The standard InChI is InChI=1S/C20H24N4O2S/c1-13-16(14(2)24(22-13)15-7-5-4-6-8-15)11-21-19(26)17-12-27-20(3)10-9-18(25)23(17)20/h4-8,17H,9-12H2,1-3H3,(H,21,26). The molecule has 1 N–H and O–H groups in total. The van der Waals surface area contributed by atoms with E-state index in [1.54, 1.807) is 16.7 Å². The van der Waals surface area contributed by atoms with E-state index in [9.17, 15) is 9.59 Å². The molecule has 2 amide bonds. The molecule has 0 saturated carbocycles. The summed E-state index contributed by atoms with van der Waals surface area (Å²) in [5.74, 6) is 0.676. The highest BCUT2D eigenvalue weighted by Gasteiger charge is 2.52. The van der Waals surface area contributed by atoms with Crippen molar-refractivity contribution in [3.8, 4) is 5.69 Å². The van der Waals surface area contributed by atoms with Crippen LogP contribution in [0.4, 0.5) is 0 Å². The molecule has 3 heterocycles. The number of carbonyl (C=O) groups excluding carboxylic acids is 2. The molecule has 2 fully saturated rings. The van der Waals surface area contributed by atoms with E-state index in [2.05, 4.69) is 17.3 Å². The van der Waals surface area contributed by atoms with Gasteiger partial charge in [-0.05, 0) is 39.3 Å². The summed E-state index contributed by atoms with van der Waals surface area (Å²) in [5, 5.41) is 7.67. The van der Waals surface area contributed by atoms with Crippen LogP contribution in [-0.4, -0.2) is 43.2 Å². The van der Waals surface area contributed by atoms with Crippen molar-refractivity contribution in [3.05, 3.63) is 47.3 Å². The van der Waals surface area contributed by atoms with Crippen molar-refractivity contribution in [3.63, 3.8) is 0 Å². The average Bonchev–Trinajstić information content (AvgIpc) is 3.25. The first-order valence-corrected chi connectivity index (χ1v) is 10.2. The minimum atomic E-state index is -0.375. The first-order valence-electron chi connectivity index (χ1n) is 9.25. The van der Waals surface area contributed by atoms with Crippen LogP contribution in [0, 0.1) is 13.8 Å². The van der Waals surface area contributed by atoms with Crippen molar-refractivity contribution in [2.75, 3.05) is 5.75 Å². The molecule has 0 radical (unpaired) electrons. The number of nitrogens with zero attached hydrogens (tertiary/aromatic N) is 3. The Hall–Kier alpha value is -2.28. The van der Waals surface area contributed by atoms with Crippen LogP contribution >= 0.6 is 11.8 Å². The number of amides is 2. The van der Waals surface area contributed by atoms with Gasteiger partial charge in [0.1, 0.15) is 6.04 Å². The number of carbonyl (C=O) groups is 2. The van der Waals surface area contributed by atoms with Gasteiger partial charge in [0.05, 0.1) is 16.3 Å². The number of hydrogen-bond acceptors (Lipinski definition) is 4. The van der Waals surface area contributed by atoms with Gasteiger partial charge in [-0.15, -0.1) is 11.8 Å². The Kier molecular flexibility index (Phi) is 4.50. The Bertz CT molecular complexity index is 895. The summed E-state index contributed by atoms with van der Waals surface area (Å²) in [5.41, 5.74) is 3.94. The van der Waals surface area contributed by atoms with E-state index < -0.39 is 0 Å². The van der Waals surface area contributed by atoms with Crippen LogP contribution in [0.2, 0.25) is 0 Å². The number of aromatic nitrogens is 2.